The topological polar surface area (TPSA) is 124 Å². The molecule has 1 aromatic carbocycles. The predicted octanol–water partition coefficient (Wildman–Crippen LogP) is 2.61. The van der Waals surface area contributed by atoms with Crippen LogP contribution in [-0.4, -0.2) is 31.1 Å². The van der Waals surface area contributed by atoms with Gasteiger partial charge in [0.2, 0.25) is 5.82 Å². The van der Waals surface area contributed by atoms with Gasteiger partial charge in [-0.25, -0.2) is 4.98 Å². The number of aromatic amines is 1. The van der Waals surface area contributed by atoms with Crippen LogP contribution >= 0.6 is 0 Å². The number of carbonyl (C=O) groups is 1. The number of esters is 1. The molecular weight excluding hydrogens is 374 g/mol. The molecule has 3 heterocycles. The number of nitrogens with zero attached hydrogens (tertiary/aromatic N) is 4. The summed E-state index contributed by atoms with van der Waals surface area (Å²) in [4.78, 5) is 39.6. The molecule has 0 aliphatic heterocycles. The third kappa shape index (κ3) is 4.18. The van der Waals surface area contributed by atoms with E-state index in [4.69, 9.17) is 9.26 Å². The number of nitrogens with one attached hydrogen (secondary N) is 1. The van der Waals surface area contributed by atoms with Crippen LogP contribution in [0, 0.1) is 0 Å². The van der Waals surface area contributed by atoms with E-state index < -0.39 is 12.1 Å². The van der Waals surface area contributed by atoms with Gasteiger partial charge in [-0.2, -0.15) is 4.98 Å². The minimum Gasteiger partial charge on any atom is -0.453 e. The zero-order valence-corrected chi connectivity index (χ0v) is 15.5. The molecule has 4 aromatic rings. The number of rotatable bonds is 6. The van der Waals surface area contributed by atoms with Gasteiger partial charge in [-0.15, -0.1) is 0 Å². The number of pyridine rings is 1. The Morgan fingerprint density at radius 3 is 2.90 bits per heavy atom. The summed E-state index contributed by atoms with van der Waals surface area (Å²) >= 11 is 0. The van der Waals surface area contributed by atoms with Gasteiger partial charge in [-0.3, -0.25) is 14.6 Å². The number of aromatic nitrogens is 5. The molecule has 146 valence electrons. The molecule has 9 heteroatoms. The van der Waals surface area contributed by atoms with Gasteiger partial charge in [0.1, 0.15) is 5.82 Å². The molecule has 0 radical (unpaired) electrons. The first-order valence-electron chi connectivity index (χ1n) is 9.01. The Labute approximate surface area is 164 Å². The van der Waals surface area contributed by atoms with Gasteiger partial charge in [0.15, 0.2) is 6.10 Å². The van der Waals surface area contributed by atoms with Crippen molar-refractivity contribution in [1.29, 1.82) is 0 Å². The number of hydrogen-bond acceptors (Lipinski definition) is 8. The highest BCUT2D eigenvalue weighted by Gasteiger charge is 2.19. The SMILES string of the molecule is C[C@@H](OC(=O)CCc1nc2ccccc2c(=O)[nH]1)c1nc(-c2cccnc2)no1. The maximum atomic E-state index is 12.2. The van der Waals surface area contributed by atoms with E-state index in [1.54, 1.807) is 55.7 Å². The Bertz CT molecular complexity index is 1200. The van der Waals surface area contributed by atoms with E-state index in [1.807, 2.05) is 0 Å². The van der Waals surface area contributed by atoms with Crippen LogP contribution in [0.1, 0.15) is 31.2 Å². The lowest BCUT2D eigenvalue weighted by atomic mass is 10.2. The molecule has 29 heavy (non-hydrogen) atoms. The number of fused-ring (bicyclic) bond motifs is 1. The average Bonchev–Trinajstić information content (AvgIpc) is 3.23. The number of aryl methyl sites for hydroxylation is 1. The van der Waals surface area contributed by atoms with Crippen LogP contribution < -0.4 is 5.56 Å². The fraction of sp³-hybridized carbons (Fsp3) is 0.200. The fourth-order valence-corrected chi connectivity index (χ4v) is 2.79. The Morgan fingerprint density at radius 2 is 2.07 bits per heavy atom. The number of carbonyl (C=O) groups excluding carboxylic acids is 1. The molecule has 0 spiro atoms. The summed E-state index contributed by atoms with van der Waals surface area (Å²) in [5, 5.41) is 4.39. The van der Waals surface area contributed by atoms with Gasteiger partial charge < -0.3 is 14.2 Å². The Morgan fingerprint density at radius 1 is 1.21 bits per heavy atom. The summed E-state index contributed by atoms with van der Waals surface area (Å²) in [6.45, 7) is 1.65. The Balaban J connectivity index is 1.37. The predicted molar refractivity (Wildman–Crippen MR) is 103 cm³/mol. The van der Waals surface area contributed by atoms with Crippen LogP contribution in [0.25, 0.3) is 22.3 Å². The highest BCUT2D eigenvalue weighted by molar-refractivity contribution is 5.77. The maximum absolute atomic E-state index is 12.2. The average molecular weight is 391 g/mol. The second-order valence-corrected chi connectivity index (χ2v) is 6.36. The first kappa shape index (κ1) is 18.5. The number of hydrogen-bond donors (Lipinski definition) is 1. The summed E-state index contributed by atoms with van der Waals surface area (Å²) in [5.74, 6) is 0.521. The van der Waals surface area contributed by atoms with Crippen LogP contribution in [0.5, 0.6) is 0 Å². The Kier molecular flexibility index (Phi) is 5.10. The number of ether oxygens (including phenoxy) is 1. The van der Waals surface area contributed by atoms with Crippen LogP contribution in [0.15, 0.2) is 58.1 Å². The van der Waals surface area contributed by atoms with E-state index in [0.29, 0.717) is 28.1 Å². The summed E-state index contributed by atoms with van der Waals surface area (Å²) in [6.07, 6.45) is 2.85. The zero-order valence-electron chi connectivity index (χ0n) is 15.5. The van der Waals surface area contributed by atoms with E-state index in [0.717, 1.165) is 0 Å². The molecule has 1 N–H and O–H groups in total. The largest absolute Gasteiger partial charge is 0.453 e. The third-order valence-corrected chi connectivity index (χ3v) is 4.25. The van der Waals surface area contributed by atoms with Crippen molar-refractivity contribution < 1.29 is 14.1 Å². The number of benzene rings is 1. The fourth-order valence-electron chi connectivity index (χ4n) is 2.79. The van der Waals surface area contributed by atoms with Crippen LogP contribution in [0.2, 0.25) is 0 Å². The molecule has 0 aliphatic carbocycles. The summed E-state index contributed by atoms with van der Waals surface area (Å²) in [7, 11) is 0. The molecule has 0 fully saturated rings. The van der Waals surface area contributed by atoms with Crippen molar-refractivity contribution in [3.63, 3.8) is 0 Å². The molecule has 9 nitrogen and oxygen atoms in total. The van der Waals surface area contributed by atoms with E-state index in [-0.39, 0.29) is 24.3 Å². The van der Waals surface area contributed by atoms with Crippen LogP contribution in [0.4, 0.5) is 0 Å². The first-order chi connectivity index (χ1) is 14.1. The van der Waals surface area contributed by atoms with Gasteiger partial charge in [-0.05, 0) is 31.2 Å². The maximum Gasteiger partial charge on any atom is 0.307 e. The highest BCUT2D eigenvalue weighted by Crippen LogP contribution is 2.20. The van der Waals surface area contributed by atoms with Crippen LogP contribution in [-0.2, 0) is 16.0 Å². The van der Waals surface area contributed by atoms with E-state index in [2.05, 4.69) is 25.1 Å². The molecule has 0 bridgehead atoms. The summed E-state index contributed by atoms with van der Waals surface area (Å²) in [6, 6.07) is 10.6. The quantitative estimate of drug-likeness (QED) is 0.497. The third-order valence-electron chi connectivity index (χ3n) is 4.25. The van der Waals surface area contributed by atoms with E-state index in [9.17, 15) is 9.59 Å². The molecule has 0 amide bonds. The van der Waals surface area contributed by atoms with Crippen molar-refractivity contribution in [3.05, 3.63) is 70.9 Å². The Hall–Kier alpha value is -3.88. The second-order valence-electron chi connectivity index (χ2n) is 6.36. The highest BCUT2D eigenvalue weighted by atomic mass is 16.6. The number of para-hydroxylation sites is 1. The van der Waals surface area contributed by atoms with Gasteiger partial charge in [0.05, 0.1) is 17.3 Å². The molecule has 4 rings (SSSR count). The van der Waals surface area contributed by atoms with Crippen molar-refractivity contribution in [2.75, 3.05) is 0 Å². The minimum absolute atomic E-state index is 0.0508. The first-order valence-corrected chi connectivity index (χ1v) is 9.01. The van der Waals surface area contributed by atoms with Crippen molar-refractivity contribution in [2.24, 2.45) is 0 Å². The molecule has 0 saturated carbocycles. The van der Waals surface area contributed by atoms with E-state index >= 15 is 0 Å². The monoisotopic (exact) mass is 391 g/mol. The molecule has 0 unspecified atom stereocenters. The molecule has 3 aromatic heterocycles. The summed E-state index contributed by atoms with van der Waals surface area (Å²) < 4.78 is 10.5. The van der Waals surface area contributed by atoms with Gasteiger partial charge in [-0.1, -0.05) is 17.3 Å². The van der Waals surface area contributed by atoms with Gasteiger partial charge in [0, 0.05) is 24.4 Å². The minimum atomic E-state index is -0.705. The smallest absolute Gasteiger partial charge is 0.307 e. The van der Waals surface area contributed by atoms with E-state index in [1.165, 1.54) is 0 Å². The lowest BCUT2D eigenvalue weighted by Gasteiger charge is -2.09. The van der Waals surface area contributed by atoms with Crippen molar-refractivity contribution in [2.45, 2.75) is 25.9 Å². The number of H-pyrrole nitrogens is 1. The molecular formula is C20H17N5O4. The van der Waals surface area contributed by atoms with Crippen molar-refractivity contribution in [3.8, 4) is 11.4 Å². The standard InChI is InChI=1S/C20H17N5O4/c1-12(20-24-18(25-29-20)13-5-4-10-21-11-13)28-17(26)9-8-16-22-15-7-3-2-6-14(15)19(27)23-16/h2-7,10-12H,8-9H2,1H3,(H,22,23,27)/t12-/m1/s1. The zero-order chi connectivity index (χ0) is 20.2. The molecule has 0 saturated heterocycles. The van der Waals surface area contributed by atoms with Gasteiger partial charge >= 0.3 is 5.97 Å². The molecule has 0 aliphatic rings. The second kappa shape index (κ2) is 8.01. The van der Waals surface area contributed by atoms with Crippen molar-refractivity contribution >= 4 is 16.9 Å². The van der Waals surface area contributed by atoms with Crippen LogP contribution in [0.3, 0.4) is 0 Å². The lowest BCUT2D eigenvalue weighted by Crippen LogP contribution is -2.14. The van der Waals surface area contributed by atoms with Crippen molar-refractivity contribution in [1.82, 2.24) is 25.1 Å². The van der Waals surface area contributed by atoms with Gasteiger partial charge in [0.25, 0.3) is 11.4 Å². The molecule has 1 atom stereocenters. The summed E-state index contributed by atoms with van der Waals surface area (Å²) in [5.41, 5.74) is 1.05. The lowest BCUT2D eigenvalue weighted by molar-refractivity contribution is -0.149. The normalized spacial score (nSPS) is 12.0.